The Morgan fingerprint density at radius 1 is 0.929 bits per heavy atom. The van der Waals surface area contributed by atoms with Gasteiger partial charge in [-0.2, -0.15) is 0 Å². The number of ketones is 1. The first-order valence-electron chi connectivity index (χ1n) is 9.33. The van der Waals surface area contributed by atoms with E-state index in [0.29, 0.717) is 0 Å². The highest BCUT2D eigenvalue weighted by Gasteiger charge is 2.47. The van der Waals surface area contributed by atoms with Gasteiger partial charge in [0.15, 0.2) is 5.78 Å². The lowest BCUT2D eigenvalue weighted by Gasteiger charge is -2.29. The summed E-state index contributed by atoms with van der Waals surface area (Å²) >= 11 is 0. The number of allylic oxidation sites excluding steroid dienone is 1. The van der Waals surface area contributed by atoms with Crippen molar-refractivity contribution in [2.75, 3.05) is 14.2 Å². The van der Waals surface area contributed by atoms with Crippen LogP contribution in [-0.4, -0.2) is 30.3 Å². The molecule has 1 N–H and O–H groups in total. The molecule has 0 unspecified atom stereocenters. The normalized spacial score (nSPS) is 13.9. The van der Waals surface area contributed by atoms with E-state index in [9.17, 15) is 14.5 Å². The lowest BCUT2D eigenvalue weighted by atomic mass is 9.78. The standard InChI is InChI=1S/C22H35O5P/c1-20(2,3)16-13-15(14-17(19(16)24)21(4,5)6)11-12-18(23)22(7,8)28(25,26-9)27-10/h11-14,24H,1-10H3/b12-11+. The first-order valence-corrected chi connectivity index (χ1v) is 10.9. The predicted molar refractivity (Wildman–Crippen MR) is 115 cm³/mol. The molecule has 5 nitrogen and oxygen atoms in total. The minimum Gasteiger partial charge on any atom is -0.507 e. The lowest BCUT2D eigenvalue weighted by Crippen LogP contribution is -2.31. The third kappa shape index (κ3) is 4.94. The van der Waals surface area contributed by atoms with E-state index < -0.39 is 12.8 Å². The molecule has 6 heteroatoms. The van der Waals surface area contributed by atoms with Crippen LogP contribution in [0.25, 0.3) is 6.08 Å². The second-order valence-corrected chi connectivity index (χ2v) is 12.4. The van der Waals surface area contributed by atoms with Crippen molar-refractivity contribution >= 4 is 19.5 Å². The van der Waals surface area contributed by atoms with Crippen LogP contribution in [0.2, 0.25) is 0 Å². The topological polar surface area (TPSA) is 72.8 Å². The van der Waals surface area contributed by atoms with Gasteiger partial charge in [0.05, 0.1) is 0 Å². The molecule has 0 atom stereocenters. The highest BCUT2D eigenvalue weighted by atomic mass is 31.2. The van der Waals surface area contributed by atoms with Gasteiger partial charge < -0.3 is 14.2 Å². The average molecular weight is 410 g/mol. The van der Waals surface area contributed by atoms with Crippen LogP contribution >= 0.6 is 7.60 Å². The summed E-state index contributed by atoms with van der Waals surface area (Å²) in [6.45, 7) is 15.3. The van der Waals surface area contributed by atoms with Crippen molar-refractivity contribution in [2.45, 2.75) is 71.4 Å². The van der Waals surface area contributed by atoms with E-state index in [1.54, 1.807) is 19.9 Å². The number of phenols is 1. The summed E-state index contributed by atoms with van der Waals surface area (Å²) in [5.41, 5.74) is 1.89. The van der Waals surface area contributed by atoms with Crippen LogP contribution < -0.4 is 0 Å². The Morgan fingerprint density at radius 3 is 1.64 bits per heavy atom. The Kier molecular flexibility index (Phi) is 7.15. The molecule has 1 aromatic rings. The zero-order chi connectivity index (χ0) is 22.1. The van der Waals surface area contributed by atoms with Gasteiger partial charge in [-0.25, -0.2) is 0 Å². The minimum atomic E-state index is -3.58. The average Bonchev–Trinajstić information content (AvgIpc) is 2.57. The Hall–Kier alpha value is -1.42. The molecule has 0 aromatic heterocycles. The van der Waals surface area contributed by atoms with Crippen LogP contribution in [0.15, 0.2) is 18.2 Å². The first-order chi connectivity index (χ1) is 12.5. The van der Waals surface area contributed by atoms with Gasteiger partial charge in [-0.3, -0.25) is 9.36 Å². The van der Waals surface area contributed by atoms with E-state index in [0.717, 1.165) is 16.7 Å². The minimum absolute atomic E-state index is 0.265. The van der Waals surface area contributed by atoms with Gasteiger partial charge in [-0.05, 0) is 48.4 Å². The summed E-state index contributed by atoms with van der Waals surface area (Å²) in [6, 6.07) is 3.77. The van der Waals surface area contributed by atoms with Gasteiger partial charge in [0, 0.05) is 25.3 Å². The van der Waals surface area contributed by atoms with Crippen LogP contribution in [0.4, 0.5) is 0 Å². The van der Waals surface area contributed by atoms with Crippen LogP contribution in [0, 0.1) is 0 Å². The quantitative estimate of drug-likeness (QED) is 0.471. The Labute approximate surface area is 169 Å². The number of benzene rings is 1. The second kappa shape index (κ2) is 8.14. The summed E-state index contributed by atoms with van der Waals surface area (Å²) < 4.78 is 22.7. The smallest absolute Gasteiger partial charge is 0.343 e. The molecule has 158 valence electrons. The Bertz CT molecular complexity index is 764. The summed E-state index contributed by atoms with van der Waals surface area (Å²) in [5, 5.41) is 9.48. The fraction of sp³-hybridized carbons (Fsp3) is 0.591. The highest BCUT2D eigenvalue weighted by Crippen LogP contribution is 2.59. The molecule has 0 spiro atoms. The third-order valence-corrected chi connectivity index (χ3v) is 7.49. The van der Waals surface area contributed by atoms with Crippen LogP contribution in [0.1, 0.15) is 72.1 Å². The zero-order valence-corrected chi connectivity index (χ0v) is 19.7. The SMILES string of the molecule is COP(=O)(OC)C(C)(C)C(=O)/C=C/c1cc(C(C)(C)C)c(O)c(C(C)(C)C)c1. The molecular weight excluding hydrogens is 375 g/mol. The molecule has 28 heavy (non-hydrogen) atoms. The molecular formula is C22H35O5P. The maximum atomic E-state index is 12.8. The van der Waals surface area contributed by atoms with Crippen molar-refractivity contribution in [3.8, 4) is 5.75 Å². The molecule has 0 aliphatic carbocycles. The lowest BCUT2D eigenvalue weighted by molar-refractivity contribution is -0.116. The number of phenolic OH excluding ortho intramolecular Hbond substituents is 1. The largest absolute Gasteiger partial charge is 0.507 e. The Balaban J connectivity index is 3.46. The van der Waals surface area contributed by atoms with Crippen LogP contribution in [0.3, 0.4) is 0 Å². The van der Waals surface area contributed by atoms with Crippen molar-refractivity contribution in [3.05, 3.63) is 34.9 Å². The summed E-state index contributed by atoms with van der Waals surface area (Å²) in [5.74, 6) is -0.0747. The van der Waals surface area contributed by atoms with Crippen LogP contribution in [0.5, 0.6) is 5.75 Å². The van der Waals surface area contributed by atoms with Crippen molar-refractivity contribution in [1.82, 2.24) is 0 Å². The van der Waals surface area contributed by atoms with E-state index in [-0.39, 0.29) is 22.4 Å². The van der Waals surface area contributed by atoms with E-state index in [1.165, 1.54) is 20.3 Å². The van der Waals surface area contributed by atoms with Gasteiger partial charge in [0.2, 0.25) is 0 Å². The van der Waals surface area contributed by atoms with Gasteiger partial charge in [0.1, 0.15) is 10.9 Å². The monoisotopic (exact) mass is 410 g/mol. The number of hydrogen-bond acceptors (Lipinski definition) is 5. The predicted octanol–water partition coefficient (Wildman–Crippen LogP) is 5.83. The number of carbonyl (C=O) groups excluding carboxylic acids is 1. The maximum absolute atomic E-state index is 12.8. The number of carbonyl (C=O) groups is 1. The molecule has 0 aliphatic rings. The van der Waals surface area contributed by atoms with E-state index >= 15 is 0 Å². The first kappa shape index (κ1) is 24.6. The zero-order valence-electron chi connectivity index (χ0n) is 18.8. The fourth-order valence-corrected chi connectivity index (χ4v) is 4.34. The molecule has 0 bridgehead atoms. The van der Waals surface area contributed by atoms with E-state index in [4.69, 9.17) is 9.05 Å². The fourth-order valence-electron chi connectivity index (χ4n) is 2.94. The van der Waals surface area contributed by atoms with Gasteiger partial charge in [-0.1, -0.05) is 47.6 Å². The Morgan fingerprint density at radius 2 is 1.32 bits per heavy atom. The van der Waals surface area contributed by atoms with Crippen molar-refractivity contribution in [2.24, 2.45) is 0 Å². The second-order valence-electron chi connectivity index (χ2n) is 9.58. The molecule has 1 aromatic carbocycles. The van der Waals surface area contributed by atoms with Crippen molar-refractivity contribution in [3.63, 3.8) is 0 Å². The summed E-state index contributed by atoms with van der Waals surface area (Å²) in [6.07, 6.45) is 3.08. The molecule has 0 saturated heterocycles. The molecule has 0 amide bonds. The summed E-state index contributed by atoms with van der Waals surface area (Å²) in [7, 11) is -1.04. The molecule has 1 rings (SSSR count). The molecule has 0 heterocycles. The molecule has 0 radical (unpaired) electrons. The third-order valence-electron chi connectivity index (χ3n) is 4.94. The molecule has 0 aliphatic heterocycles. The van der Waals surface area contributed by atoms with Crippen LogP contribution in [-0.2, 0) is 29.2 Å². The number of hydrogen-bond donors (Lipinski definition) is 1. The van der Waals surface area contributed by atoms with Gasteiger partial charge >= 0.3 is 7.60 Å². The molecule has 0 fully saturated rings. The number of aromatic hydroxyl groups is 1. The van der Waals surface area contributed by atoms with Gasteiger partial charge in [-0.15, -0.1) is 0 Å². The van der Waals surface area contributed by atoms with E-state index in [2.05, 4.69) is 0 Å². The van der Waals surface area contributed by atoms with Gasteiger partial charge in [0.25, 0.3) is 0 Å². The van der Waals surface area contributed by atoms with Crippen molar-refractivity contribution in [1.29, 1.82) is 0 Å². The number of rotatable bonds is 6. The molecule has 0 saturated carbocycles. The van der Waals surface area contributed by atoms with Crippen molar-refractivity contribution < 1.29 is 23.5 Å². The maximum Gasteiger partial charge on any atom is 0.343 e. The highest BCUT2D eigenvalue weighted by molar-refractivity contribution is 7.56. The summed E-state index contributed by atoms with van der Waals surface area (Å²) in [4.78, 5) is 12.8. The van der Waals surface area contributed by atoms with E-state index in [1.807, 2.05) is 53.7 Å².